The van der Waals surface area contributed by atoms with Crippen LogP contribution in [0.4, 0.5) is 17.3 Å². The van der Waals surface area contributed by atoms with Crippen molar-refractivity contribution in [2.75, 3.05) is 36.4 Å². The maximum atomic E-state index is 13.0. The van der Waals surface area contributed by atoms with E-state index in [1.165, 1.54) is 18.1 Å². The van der Waals surface area contributed by atoms with Gasteiger partial charge in [-0.1, -0.05) is 29.3 Å². The van der Waals surface area contributed by atoms with E-state index in [4.69, 9.17) is 23.2 Å². The lowest BCUT2D eigenvalue weighted by molar-refractivity contribution is 0.589. The number of piperazine rings is 1. The summed E-state index contributed by atoms with van der Waals surface area (Å²) >= 11 is 12.5. The average molecular weight is 468 g/mol. The molecule has 5 rings (SSSR count). The molecule has 0 unspecified atom stereocenters. The first-order valence-corrected chi connectivity index (χ1v) is 10.9. The summed E-state index contributed by atoms with van der Waals surface area (Å²) in [6, 6.07) is 13.1. The third kappa shape index (κ3) is 4.00. The fraction of sp³-hybridized carbons (Fsp3) is 0.182. The van der Waals surface area contributed by atoms with Crippen LogP contribution in [0.15, 0.2) is 59.7 Å². The molecule has 10 heteroatoms. The highest BCUT2D eigenvalue weighted by Crippen LogP contribution is 2.27. The molecule has 0 aliphatic carbocycles. The second-order valence-electron chi connectivity index (χ2n) is 7.33. The number of hydrogen-bond donors (Lipinski definition) is 2. The van der Waals surface area contributed by atoms with E-state index in [0.29, 0.717) is 32.6 Å². The summed E-state index contributed by atoms with van der Waals surface area (Å²) in [5.74, 6) is 0.377. The molecule has 0 spiro atoms. The molecule has 0 amide bonds. The molecule has 2 aromatic heterocycles. The largest absolute Gasteiger partial charge is 0.369 e. The van der Waals surface area contributed by atoms with Crippen LogP contribution < -0.4 is 21.1 Å². The van der Waals surface area contributed by atoms with Crippen LogP contribution in [0.2, 0.25) is 10.0 Å². The minimum Gasteiger partial charge on any atom is -0.369 e. The molecule has 1 saturated heterocycles. The number of para-hydroxylation sites is 1. The number of hydrogen-bond acceptors (Lipinski definition) is 7. The topological polar surface area (TPSA) is 88.0 Å². The lowest BCUT2D eigenvalue weighted by Crippen LogP contribution is -2.43. The second-order valence-corrected chi connectivity index (χ2v) is 8.15. The lowest BCUT2D eigenvalue weighted by atomic mass is 10.2. The Kier molecular flexibility index (Phi) is 5.65. The Balaban J connectivity index is 1.41. The summed E-state index contributed by atoms with van der Waals surface area (Å²) in [6.45, 7) is 3.96. The van der Waals surface area contributed by atoms with E-state index >= 15 is 0 Å². The Labute approximate surface area is 193 Å². The summed E-state index contributed by atoms with van der Waals surface area (Å²) in [5.41, 5.74) is 2.38. The first-order valence-electron chi connectivity index (χ1n) is 10.1. The van der Waals surface area contributed by atoms with E-state index in [1.807, 2.05) is 12.1 Å². The zero-order valence-electron chi connectivity index (χ0n) is 16.9. The van der Waals surface area contributed by atoms with E-state index in [-0.39, 0.29) is 0 Å². The van der Waals surface area contributed by atoms with Crippen molar-refractivity contribution in [1.82, 2.24) is 25.1 Å². The molecule has 4 aromatic rings. The van der Waals surface area contributed by atoms with Crippen molar-refractivity contribution in [1.29, 1.82) is 0 Å². The molecular formula is C22H19Cl2N7O. The number of rotatable bonds is 4. The van der Waals surface area contributed by atoms with Crippen molar-refractivity contribution in [3.8, 4) is 5.69 Å². The van der Waals surface area contributed by atoms with Gasteiger partial charge in [0.05, 0.1) is 21.6 Å². The number of halogens is 2. The van der Waals surface area contributed by atoms with Gasteiger partial charge < -0.3 is 15.5 Å². The Morgan fingerprint density at radius 2 is 1.69 bits per heavy atom. The highest BCUT2D eigenvalue weighted by molar-refractivity contribution is 6.37. The van der Waals surface area contributed by atoms with Crippen LogP contribution in [-0.2, 0) is 0 Å². The zero-order valence-corrected chi connectivity index (χ0v) is 18.4. The fourth-order valence-corrected chi connectivity index (χ4v) is 4.21. The summed E-state index contributed by atoms with van der Waals surface area (Å²) in [7, 11) is 0. The maximum absolute atomic E-state index is 13.0. The normalized spacial score (nSPS) is 14.0. The van der Waals surface area contributed by atoms with Gasteiger partial charge in [0, 0.05) is 43.8 Å². The average Bonchev–Trinajstić information content (AvgIpc) is 2.81. The van der Waals surface area contributed by atoms with Crippen molar-refractivity contribution in [2.45, 2.75) is 0 Å². The van der Waals surface area contributed by atoms with Crippen molar-refractivity contribution >= 4 is 51.4 Å². The third-order valence-electron chi connectivity index (χ3n) is 5.29. The highest BCUT2D eigenvalue weighted by Gasteiger charge is 2.14. The molecule has 1 aliphatic heterocycles. The molecule has 2 N–H and O–H groups in total. The first kappa shape index (κ1) is 20.7. The molecule has 2 aromatic carbocycles. The zero-order chi connectivity index (χ0) is 22.1. The Hall–Kier alpha value is -3.20. The van der Waals surface area contributed by atoms with Gasteiger partial charge in [-0.05, 0) is 36.4 Å². The monoisotopic (exact) mass is 467 g/mol. The molecule has 1 aliphatic rings. The van der Waals surface area contributed by atoms with Gasteiger partial charge in [0.2, 0.25) is 5.95 Å². The summed E-state index contributed by atoms with van der Waals surface area (Å²) in [4.78, 5) is 24.1. The van der Waals surface area contributed by atoms with Gasteiger partial charge in [0.1, 0.15) is 11.2 Å². The SMILES string of the molecule is O=c1c2cnc(Nc3ccc(N4CCNCC4)cc3)nc2cnn1-c1c(Cl)cccc1Cl. The smallest absolute Gasteiger partial charge is 0.282 e. The summed E-state index contributed by atoms with van der Waals surface area (Å²) < 4.78 is 1.16. The van der Waals surface area contributed by atoms with E-state index in [2.05, 4.69) is 42.7 Å². The molecule has 1 fully saturated rings. The number of benzene rings is 2. The quantitative estimate of drug-likeness (QED) is 0.473. The highest BCUT2D eigenvalue weighted by atomic mass is 35.5. The predicted octanol–water partition coefficient (Wildman–Crippen LogP) is 3.64. The molecule has 162 valence electrons. The lowest BCUT2D eigenvalue weighted by Gasteiger charge is -2.29. The summed E-state index contributed by atoms with van der Waals surface area (Å²) in [5, 5.41) is 11.7. The van der Waals surface area contributed by atoms with Gasteiger partial charge in [-0.2, -0.15) is 9.78 Å². The van der Waals surface area contributed by atoms with E-state index in [9.17, 15) is 4.79 Å². The predicted molar refractivity (Wildman–Crippen MR) is 128 cm³/mol. The maximum Gasteiger partial charge on any atom is 0.282 e. The Bertz CT molecular complexity index is 1310. The molecular weight excluding hydrogens is 449 g/mol. The van der Waals surface area contributed by atoms with Gasteiger partial charge in [-0.3, -0.25) is 4.79 Å². The number of aromatic nitrogens is 4. The van der Waals surface area contributed by atoms with Crippen molar-refractivity contribution < 1.29 is 0 Å². The van der Waals surface area contributed by atoms with Crippen LogP contribution >= 0.6 is 23.2 Å². The third-order valence-corrected chi connectivity index (χ3v) is 5.90. The molecule has 0 atom stereocenters. The molecule has 8 nitrogen and oxygen atoms in total. The molecule has 0 radical (unpaired) electrons. The standard InChI is InChI=1S/C22H19Cl2N7O/c23-17-2-1-3-18(24)20(17)31-21(32)16-12-26-22(29-19(16)13-27-31)28-14-4-6-15(7-5-14)30-10-8-25-9-11-30/h1-7,12-13,25H,8-11H2,(H,26,28,29). The summed E-state index contributed by atoms with van der Waals surface area (Å²) in [6.07, 6.45) is 2.97. The molecule has 0 bridgehead atoms. The molecule has 3 heterocycles. The minimum atomic E-state index is -0.399. The van der Waals surface area contributed by atoms with Crippen LogP contribution in [0.25, 0.3) is 16.6 Å². The van der Waals surface area contributed by atoms with Crippen LogP contribution in [-0.4, -0.2) is 45.9 Å². The second kappa shape index (κ2) is 8.74. The van der Waals surface area contributed by atoms with Gasteiger partial charge >= 0.3 is 0 Å². The molecule has 0 saturated carbocycles. The van der Waals surface area contributed by atoms with Gasteiger partial charge in [-0.25, -0.2) is 9.97 Å². The van der Waals surface area contributed by atoms with E-state index in [1.54, 1.807) is 18.2 Å². The number of nitrogens with zero attached hydrogens (tertiary/aromatic N) is 5. The number of nitrogens with one attached hydrogen (secondary N) is 2. The van der Waals surface area contributed by atoms with Crippen molar-refractivity contribution in [3.63, 3.8) is 0 Å². The Morgan fingerprint density at radius 3 is 2.41 bits per heavy atom. The van der Waals surface area contributed by atoms with E-state index < -0.39 is 5.56 Å². The molecule has 32 heavy (non-hydrogen) atoms. The van der Waals surface area contributed by atoms with Gasteiger partial charge in [0.25, 0.3) is 5.56 Å². The minimum absolute atomic E-state index is 0.315. The van der Waals surface area contributed by atoms with Crippen LogP contribution in [0.5, 0.6) is 0 Å². The number of anilines is 3. The van der Waals surface area contributed by atoms with Crippen LogP contribution in [0.1, 0.15) is 0 Å². The van der Waals surface area contributed by atoms with Gasteiger partial charge in [-0.15, -0.1) is 0 Å². The van der Waals surface area contributed by atoms with Crippen LogP contribution in [0, 0.1) is 0 Å². The first-order chi connectivity index (χ1) is 15.6. The Morgan fingerprint density at radius 1 is 0.969 bits per heavy atom. The number of fused-ring (bicyclic) bond motifs is 1. The van der Waals surface area contributed by atoms with E-state index in [0.717, 1.165) is 36.5 Å². The van der Waals surface area contributed by atoms with Crippen LogP contribution in [0.3, 0.4) is 0 Å². The fourth-order valence-electron chi connectivity index (χ4n) is 3.66. The van der Waals surface area contributed by atoms with Gasteiger partial charge in [0.15, 0.2) is 0 Å². The van der Waals surface area contributed by atoms with Crippen molar-refractivity contribution in [3.05, 3.63) is 75.3 Å². The van der Waals surface area contributed by atoms with Crippen molar-refractivity contribution in [2.24, 2.45) is 0 Å².